The number of methoxy groups -OCH3 is 4. The van der Waals surface area contributed by atoms with Crippen LogP contribution in [0.15, 0.2) is 29.1 Å². The Bertz CT molecular complexity index is 1390. The summed E-state index contributed by atoms with van der Waals surface area (Å²) in [4.78, 5) is 51.0. The van der Waals surface area contributed by atoms with Crippen molar-refractivity contribution in [2.75, 3.05) is 33.8 Å². The summed E-state index contributed by atoms with van der Waals surface area (Å²) in [7, 11) is 5.85. The van der Waals surface area contributed by atoms with Gasteiger partial charge in [0.1, 0.15) is 12.1 Å². The number of esters is 1. The van der Waals surface area contributed by atoms with E-state index in [1.807, 2.05) is 19.9 Å². The summed E-state index contributed by atoms with van der Waals surface area (Å²) in [5.74, 6) is 0.215. The van der Waals surface area contributed by atoms with Crippen LogP contribution in [-0.4, -0.2) is 58.3 Å². The van der Waals surface area contributed by atoms with Crippen LogP contribution in [-0.2, 0) is 25.5 Å². The molecule has 3 N–H and O–H groups in total. The second kappa shape index (κ2) is 14.1. The van der Waals surface area contributed by atoms with Crippen LogP contribution < -0.4 is 35.6 Å². The Morgan fingerprint density at radius 2 is 1.67 bits per heavy atom. The summed E-state index contributed by atoms with van der Waals surface area (Å²) in [6.45, 7) is 6.88. The maximum absolute atomic E-state index is 13.7. The molecule has 0 unspecified atom stereocenters. The van der Waals surface area contributed by atoms with Gasteiger partial charge in [-0.2, -0.15) is 0 Å². The third-order valence-corrected chi connectivity index (χ3v) is 7.18. The highest BCUT2D eigenvalue weighted by Crippen LogP contribution is 2.50. The van der Waals surface area contributed by atoms with Gasteiger partial charge in [0.15, 0.2) is 11.5 Å². The zero-order valence-corrected chi connectivity index (χ0v) is 25.5. The van der Waals surface area contributed by atoms with Crippen molar-refractivity contribution in [3.05, 3.63) is 45.6 Å². The smallest absolute Gasteiger partial charge is 0.328 e. The number of anilines is 1. The first-order valence-electron chi connectivity index (χ1n) is 13.9. The standard InChI is InChI=1S/C31H41N3O8/c1-16(2)13-24(30(37)32-17(3)31(38)42-8)34-23-12-10-20-21(15-25(23)36)22(33-18(4)35)11-9-19-14-26(39-5)28(40-6)29(41-7)27(19)20/h10,12,14-17,22,24H,9,11,13H2,1-8H3,(H,32,37)(H,33,35)(H,34,36)/t17-,22-,24-/m0/s1. The highest BCUT2D eigenvalue weighted by molar-refractivity contribution is 5.89. The minimum Gasteiger partial charge on any atom is -0.493 e. The minimum absolute atomic E-state index is 0.105. The Hall–Kier alpha value is -4.28. The maximum Gasteiger partial charge on any atom is 0.328 e. The molecule has 228 valence electrons. The van der Waals surface area contributed by atoms with Crippen molar-refractivity contribution in [3.8, 4) is 28.4 Å². The zero-order chi connectivity index (χ0) is 31.1. The van der Waals surface area contributed by atoms with Crippen molar-refractivity contribution in [3.63, 3.8) is 0 Å². The molecule has 42 heavy (non-hydrogen) atoms. The van der Waals surface area contributed by atoms with E-state index in [1.54, 1.807) is 19.2 Å². The van der Waals surface area contributed by atoms with E-state index in [9.17, 15) is 19.2 Å². The van der Waals surface area contributed by atoms with Crippen LogP contribution in [0.3, 0.4) is 0 Å². The van der Waals surface area contributed by atoms with Crippen molar-refractivity contribution in [1.82, 2.24) is 10.6 Å². The molecule has 11 heteroatoms. The van der Waals surface area contributed by atoms with Crippen molar-refractivity contribution in [2.24, 2.45) is 5.92 Å². The van der Waals surface area contributed by atoms with Gasteiger partial charge in [0.05, 0.1) is 40.2 Å². The lowest BCUT2D eigenvalue weighted by molar-refractivity contribution is -0.144. The highest BCUT2D eigenvalue weighted by Gasteiger charge is 2.30. The number of aryl methyl sites for hydroxylation is 1. The van der Waals surface area contributed by atoms with Gasteiger partial charge in [-0.25, -0.2) is 4.79 Å². The molecule has 1 aliphatic carbocycles. The molecule has 2 aromatic rings. The number of nitrogens with one attached hydrogen (secondary N) is 3. The number of rotatable bonds is 11. The second-order valence-electron chi connectivity index (χ2n) is 10.7. The molecule has 0 spiro atoms. The first kappa shape index (κ1) is 32.2. The predicted molar refractivity (Wildman–Crippen MR) is 159 cm³/mol. The van der Waals surface area contributed by atoms with E-state index in [0.717, 1.165) is 11.1 Å². The zero-order valence-electron chi connectivity index (χ0n) is 25.5. The van der Waals surface area contributed by atoms with Gasteiger partial charge in [0.2, 0.25) is 23.0 Å². The fourth-order valence-corrected chi connectivity index (χ4v) is 5.27. The average molecular weight is 584 g/mol. The van der Waals surface area contributed by atoms with Gasteiger partial charge < -0.3 is 34.9 Å². The number of carbonyl (C=O) groups excluding carboxylic acids is 3. The molecular formula is C31H41N3O8. The minimum atomic E-state index is -0.858. The topological polar surface area (TPSA) is 141 Å². The Kier molecular flexibility index (Phi) is 10.8. The van der Waals surface area contributed by atoms with Gasteiger partial charge >= 0.3 is 5.97 Å². The maximum atomic E-state index is 13.7. The van der Waals surface area contributed by atoms with E-state index in [2.05, 4.69) is 16.0 Å². The van der Waals surface area contributed by atoms with Crippen LogP contribution in [0.5, 0.6) is 17.2 Å². The van der Waals surface area contributed by atoms with E-state index < -0.39 is 30.0 Å². The van der Waals surface area contributed by atoms with Crippen LogP contribution in [0, 0.1) is 5.92 Å². The first-order valence-corrected chi connectivity index (χ1v) is 13.9. The van der Waals surface area contributed by atoms with E-state index in [1.165, 1.54) is 41.2 Å². The molecule has 2 aromatic carbocycles. The Balaban J connectivity index is 2.20. The molecule has 0 bridgehead atoms. The Morgan fingerprint density at radius 1 is 0.976 bits per heavy atom. The number of benzene rings is 1. The molecule has 1 aliphatic rings. The van der Waals surface area contributed by atoms with Gasteiger partial charge in [-0.15, -0.1) is 0 Å². The lowest BCUT2D eigenvalue weighted by atomic mass is 9.95. The second-order valence-corrected chi connectivity index (χ2v) is 10.7. The third-order valence-electron chi connectivity index (χ3n) is 7.18. The molecule has 3 atom stereocenters. The molecule has 0 radical (unpaired) electrons. The summed E-state index contributed by atoms with van der Waals surface area (Å²) in [6, 6.07) is 4.66. The van der Waals surface area contributed by atoms with Crippen molar-refractivity contribution in [1.29, 1.82) is 0 Å². The number of amides is 2. The number of ether oxygens (including phenoxy) is 4. The average Bonchev–Trinajstić information content (AvgIpc) is 3.19. The number of hydrogen-bond acceptors (Lipinski definition) is 9. The predicted octanol–water partition coefficient (Wildman–Crippen LogP) is 3.37. The Labute approximate surface area is 246 Å². The lowest BCUT2D eigenvalue weighted by Gasteiger charge is -2.22. The molecule has 0 saturated heterocycles. The molecule has 3 rings (SSSR count). The Morgan fingerprint density at radius 3 is 2.24 bits per heavy atom. The fourth-order valence-electron chi connectivity index (χ4n) is 5.27. The molecule has 2 amide bonds. The monoisotopic (exact) mass is 583 g/mol. The van der Waals surface area contributed by atoms with Crippen LogP contribution >= 0.6 is 0 Å². The van der Waals surface area contributed by atoms with E-state index in [0.29, 0.717) is 47.6 Å². The van der Waals surface area contributed by atoms with Crippen LogP contribution in [0.4, 0.5) is 5.69 Å². The number of hydrogen-bond donors (Lipinski definition) is 3. The van der Waals surface area contributed by atoms with Crippen LogP contribution in [0.1, 0.15) is 57.7 Å². The number of fused-ring (bicyclic) bond motifs is 3. The van der Waals surface area contributed by atoms with Crippen LogP contribution in [0.2, 0.25) is 0 Å². The normalized spacial score (nSPS) is 15.2. The third kappa shape index (κ3) is 7.13. The fraction of sp³-hybridized carbons (Fsp3) is 0.484. The van der Waals surface area contributed by atoms with Gasteiger partial charge in [0, 0.05) is 12.5 Å². The van der Waals surface area contributed by atoms with Gasteiger partial charge in [-0.1, -0.05) is 19.9 Å². The summed E-state index contributed by atoms with van der Waals surface area (Å²) in [6.07, 6.45) is 1.50. The van der Waals surface area contributed by atoms with Gasteiger partial charge in [0.25, 0.3) is 0 Å². The van der Waals surface area contributed by atoms with Gasteiger partial charge in [-0.05, 0) is 67.0 Å². The lowest BCUT2D eigenvalue weighted by Crippen LogP contribution is -2.47. The molecule has 0 aromatic heterocycles. The summed E-state index contributed by atoms with van der Waals surface area (Å²) in [5.41, 5.74) is 2.74. The van der Waals surface area contributed by atoms with Crippen molar-refractivity contribution in [2.45, 2.75) is 65.1 Å². The molecule has 11 nitrogen and oxygen atoms in total. The largest absolute Gasteiger partial charge is 0.493 e. The molecule has 0 saturated carbocycles. The summed E-state index contributed by atoms with van der Waals surface area (Å²) in [5, 5.41) is 8.75. The molecular weight excluding hydrogens is 542 g/mol. The number of carbonyl (C=O) groups is 3. The summed E-state index contributed by atoms with van der Waals surface area (Å²) < 4.78 is 21.8. The van der Waals surface area contributed by atoms with E-state index >= 15 is 0 Å². The first-order chi connectivity index (χ1) is 19.9. The SMILES string of the molecule is COC(=O)[C@H](C)NC(=O)[C@H](CC(C)C)Nc1ccc2c(cc1=O)[C@@H](NC(C)=O)CCc1cc(OC)c(OC)c(OC)c1-2. The van der Waals surface area contributed by atoms with Crippen molar-refractivity contribution < 1.29 is 33.3 Å². The molecule has 0 fully saturated rings. The van der Waals surface area contributed by atoms with E-state index in [-0.39, 0.29) is 22.9 Å². The molecule has 0 aliphatic heterocycles. The van der Waals surface area contributed by atoms with Gasteiger partial charge in [-0.3, -0.25) is 14.4 Å². The van der Waals surface area contributed by atoms with E-state index in [4.69, 9.17) is 18.9 Å². The molecule has 0 heterocycles. The van der Waals surface area contributed by atoms with Crippen molar-refractivity contribution >= 4 is 23.5 Å². The summed E-state index contributed by atoms with van der Waals surface area (Å²) >= 11 is 0. The quantitative estimate of drug-likeness (QED) is 0.340. The van der Waals surface area contributed by atoms with Crippen LogP contribution in [0.25, 0.3) is 11.1 Å². The highest BCUT2D eigenvalue weighted by atomic mass is 16.5.